The van der Waals surface area contributed by atoms with Crippen molar-refractivity contribution in [3.63, 3.8) is 0 Å². The van der Waals surface area contributed by atoms with Gasteiger partial charge in [0.05, 0.1) is 34.6 Å². The van der Waals surface area contributed by atoms with E-state index in [0.717, 1.165) is 16.5 Å². The maximum Gasteiger partial charge on any atom is 0.309 e. The SMILES string of the molecule is CC[C@H]1[C@H]2C([C@@H]2n2nc(CC(=O)O)c3ccc(C)cc32)N1S(=O)(=O)c1ccc(O)cc1. The maximum atomic E-state index is 13.3. The van der Waals surface area contributed by atoms with Crippen LogP contribution in [0.15, 0.2) is 47.4 Å². The largest absolute Gasteiger partial charge is 0.508 e. The second-order valence-corrected chi connectivity index (χ2v) is 10.2. The monoisotopic (exact) mass is 441 g/mol. The van der Waals surface area contributed by atoms with Crippen molar-refractivity contribution < 1.29 is 23.4 Å². The third kappa shape index (κ3) is 2.95. The zero-order chi connectivity index (χ0) is 22.1. The molecule has 0 amide bonds. The first-order chi connectivity index (χ1) is 14.7. The van der Waals surface area contributed by atoms with Crippen LogP contribution >= 0.6 is 0 Å². The maximum absolute atomic E-state index is 13.3. The third-order valence-corrected chi connectivity index (χ3v) is 8.37. The van der Waals surface area contributed by atoms with E-state index in [4.69, 9.17) is 0 Å². The summed E-state index contributed by atoms with van der Waals surface area (Å²) in [5.74, 6) is -0.784. The quantitative estimate of drug-likeness (QED) is 0.608. The van der Waals surface area contributed by atoms with Crippen LogP contribution in [0.25, 0.3) is 10.9 Å². The number of aliphatic carboxylic acids is 1. The van der Waals surface area contributed by atoms with Gasteiger partial charge in [-0.05, 0) is 49.2 Å². The molecule has 1 saturated heterocycles. The van der Waals surface area contributed by atoms with Gasteiger partial charge in [0.1, 0.15) is 5.75 Å². The average Bonchev–Trinajstić information content (AvgIpc) is 3.17. The van der Waals surface area contributed by atoms with Crippen molar-refractivity contribution in [2.24, 2.45) is 5.92 Å². The topological polar surface area (TPSA) is 113 Å². The zero-order valence-electron chi connectivity index (χ0n) is 17.1. The Bertz CT molecular complexity index is 1300. The molecule has 8 nitrogen and oxygen atoms in total. The Kier molecular flexibility index (Phi) is 4.39. The van der Waals surface area contributed by atoms with Gasteiger partial charge in [0, 0.05) is 17.3 Å². The van der Waals surface area contributed by atoms with Crippen molar-refractivity contribution in [3.8, 4) is 5.75 Å². The number of fused-ring (bicyclic) bond motifs is 2. The molecule has 31 heavy (non-hydrogen) atoms. The molecular formula is C22H23N3O5S. The lowest BCUT2D eigenvalue weighted by atomic mass is 10.0. The second-order valence-electron chi connectivity index (χ2n) is 8.35. The van der Waals surface area contributed by atoms with E-state index in [1.54, 1.807) is 4.31 Å². The van der Waals surface area contributed by atoms with Crippen LogP contribution in [-0.4, -0.2) is 50.8 Å². The number of aromatic hydroxyl groups is 1. The first-order valence-electron chi connectivity index (χ1n) is 10.3. The highest BCUT2D eigenvalue weighted by molar-refractivity contribution is 7.89. The number of hydrogen-bond donors (Lipinski definition) is 2. The standard InChI is InChI=1S/C22H23N3O5S/c1-3-17-20-21(22(20)25(17)31(29,30)14-7-5-13(26)6-8-14)24-18-10-12(2)4-9-15(18)16(23-24)11-19(27)28/h4-10,17,20-22,26H,3,11H2,1-2H3,(H,27,28)/t17-,20+,21+,22?/m0/s1. The number of carboxylic acid groups (broad SMARTS) is 1. The van der Waals surface area contributed by atoms with E-state index in [9.17, 15) is 23.4 Å². The lowest BCUT2D eigenvalue weighted by Crippen LogP contribution is -2.52. The number of phenols is 1. The van der Waals surface area contributed by atoms with Crippen LogP contribution < -0.4 is 0 Å². The van der Waals surface area contributed by atoms with Crippen LogP contribution in [0.4, 0.5) is 0 Å². The molecule has 1 saturated carbocycles. The van der Waals surface area contributed by atoms with E-state index in [0.29, 0.717) is 12.1 Å². The van der Waals surface area contributed by atoms with Crippen molar-refractivity contribution in [2.75, 3.05) is 0 Å². The molecule has 4 atom stereocenters. The highest BCUT2D eigenvalue weighted by Crippen LogP contribution is 2.63. The molecule has 1 aliphatic carbocycles. The number of phenolic OH excluding ortho intramolecular Hbond substituents is 1. The molecule has 2 aliphatic rings. The fourth-order valence-electron chi connectivity index (χ4n) is 5.02. The predicted octanol–water partition coefficient (Wildman–Crippen LogP) is 2.70. The number of nitrogens with zero attached hydrogens (tertiary/aromatic N) is 3. The summed E-state index contributed by atoms with van der Waals surface area (Å²) >= 11 is 0. The Balaban J connectivity index is 1.54. The molecule has 5 rings (SSSR count). The smallest absolute Gasteiger partial charge is 0.309 e. The summed E-state index contributed by atoms with van der Waals surface area (Å²) in [5, 5.41) is 24.2. The van der Waals surface area contributed by atoms with Gasteiger partial charge in [0.25, 0.3) is 0 Å². The van der Waals surface area contributed by atoms with Crippen molar-refractivity contribution >= 4 is 26.9 Å². The number of carboxylic acids is 1. The van der Waals surface area contributed by atoms with Crippen LogP contribution in [0, 0.1) is 12.8 Å². The number of hydrogen-bond acceptors (Lipinski definition) is 5. The normalized spacial score (nSPS) is 25.2. The van der Waals surface area contributed by atoms with E-state index in [1.807, 2.05) is 36.7 Å². The number of benzene rings is 2. The Morgan fingerprint density at radius 2 is 1.84 bits per heavy atom. The van der Waals surface area contributed by atoms with Crippen molar-refractivity contribution in [2.45, 2.75) is 49.7 Å². The summed E-state index contributed by atoms with van der Waals surface area (Å²) in [6.45, 7) is 3.93. The van der Waals surface area contributed by atoms with Gasteiger partial charge < -0.3 is 10.2 Å². The molecule has 0 spiro atoms. The van der Waals surface area contributed by atoms with E-state index in [1.165, 1.54) is 24.3 Å². The van der Waals surface area contributed by atoms with Crippen LogP contribution in [0.2, 0.25) is 0 Å². The van der Waals surface area contributed by atoms with Gasteiger partial charge in [-0.2, -0.15) is 9.40 Å². The molecule has 0 bridgehead atoms. The minimum Gasteiger partial charge on any atom is -0.508 e. The Morgan fingerprint density at radius 1 is 1.13 bits per heavy atom. The lowest BCUT2D eigenvalue weighted by molar-refractivity contribution is -0.136. The van der Waals surface area contributed by atoms with Crippen molar-refractivity contribution in [3.05, 3.63) is 53.7 Å². The van der Waals surface area contributed by atoms with Gasteiger partial charge in [-0.3, -0.25) is 9.48 Å². The van der Waals surface area contributed by atoms with Gasteiger partial charge in [-0.15, -0.1) is 0 Å². The molecule has 9 heteroatoms. The Labute approximate surface area is 179 Å². The molecule has 1 aromatic heterocycles. The van der Waals surface area contributed by atoms with Gasteiger partial charge in [0.15, 0.2) is 0 Å². The summed E-state index contributed by atoms with van der Waals surface area (Å²) in [6.07, 6.45) is 0.497. The molecule has 1 unspecified atom stereocenters. The van der Waals surface area contributed by atoms with E-state index < -0.39 is 16.0 Å². The molecule has 0 radical (unpaired) electrons. The summed E-state index contributed by atoms with van der Waals surface area (Å²) < 4.78 is 30.0. The zero-order valence-corrected chi connectivity index (χ0v) is 18.0. The summed E-state index contributed by atoms with van der Waals surface area (Å²) in [7, 11) is -3.72. The average molecular weight is 442 g/mol. The van der Waals surface area contributed by atoms with Crippen molar-refractivity contribution in [1.29, 1.82) is 0 Å². The molecule has 162 valence electrons. The molecule has 2 fully saturated rings. The van der Waals surface area contributed by atoms with E-state index >= 15 is 0 Å². The highest BCUT2D eigenvalue weighted by atomic mass is 32.2. The molecule has 2 heterocycles. The third-order valence-electron chi connectivity index (χ3n) is 6.43. The van der Waals surface area contributed by atoms with Gasteiger partial charge >= 0.3 is 5.97 Å². The molecule has 2 aromatic carbocycles. The number of aromatic nitrogens is 2. The second kappa shape index (κ2) is 6.80. The van der Waals surface area contributed by atoms with Crippen LogP contribution in [0.1, 0.15) is 30.6 Å². The Hall–Kier alpha value is -2.91. The summed E-state index contributed by atoms with van der Waals surface area (Å²) in [5.41, 5.74) is 2.37. The predicted molar refractivity (Wildman–Crippen MR) is 113 cm³/mol. The summed E-state index contributed by atoms with van der Waals surface area (Å²) in [4.78, 5) is 11.5. The van der Waals surface area contributed by atoms with Gasteiger partial charge in [-0.1, -0.05) is 19.1 Å². The number of sulfonamides is 1. The van der Waals surface area contributed by atoms with Gasteiger partial charge in [-0.25, -0.2) is 8.42 Å². The van der Waals surface area contributed by atoms with Crippen LogP contribution in [-0.2, 0) is 21.2 Å². The molecule has 2 N–H and O–H groups in total. The first-order valence-corrected chi connectivity index (χ1v) is 11.7. The minimum absolute atomic E-state index is 0.0149. The fraction of sp³-hybridized carbons (Fsp3) is 0.364. The number of rotatable bonds is 6. The molecule has 1 aliphatic heterocycles. The minimum atomic E-state index is -3.72. The lowest BCUT2D eigenvalue weighted by Gasteiger charge is -2.37. The Morgan fingerprint density at radius 3 is 2.48 bits per heavy atom. The van der Waals surface area contributed by atoms with E-state index in [-0.39, 0.29) is 41.1 Å². The van der Waals surface area contributed by atoms with Crippen LogP contribution in [0.3, 0.4) is 0 Å². The summed E-state index contributed by atoms with van der Waals surface area (Å²) in [6, 6.07) is 10.9. The van der Waals surface area contributed by atoms with E-state index in [2.05, 4.69) is 5.10 Å². The van der Waals surface area contributed by atoms with Crippen molar-refractivity contribution in [1.82, 2.24) is 14.1 Å². The van der Waals surface area contributed by atoms with Gasteiger partial charge in [0.2, 0.25) is 10.0 Å². The highest BCUT2D eigenvalue weighted by Gasteiger charge is 2.72. The first kappa shape index (κ1) is 20.0. The number of aryl methyl sites for hydroxylation is 1. The fourth-order valence-corrected chi connectivity index (χ4v) is 6.97. The molecule has 3 aromatic rings. The molecular weight excluding hydrogens is 418 g/mol. The van der Waals surface area contributed by atoms with Crippen LogP contribution in [0.5, 0.6) is 5.75 Å². The number of carbonyl (C=O) groups is 1.